The summed E-state index contributed by atoms with van der Waals surface area (Å²) in [4.78, 5) is 30.2. The van der Waals surface area contributed by atoms with Crippen molar-refractivity contribution in [3.8, 4) is 0 Å². The van der Waals surface area contributed by atoms with Crippen molar-refractivity contribution in [1.29, 1.82) is 0 Å². The van der Waals surface area contributed by atoms with Gasteiger partial charge in [0.15, 0.2) is 0 Å². The Hall–Kier alpha value is -2.18. The molecule has 3 aromatic rings. The zero-order chi connectivity index (χ0) is 16.6. The first kappa shape index (κ1) is 15.7. The summed E-state index contributed by atoms with van der Waals surface area (Å²) in [5.41, 5.74) is 1.15. The fourth-order valence-electron chi connectivity index (χ4n) is 2.36. The Kier molecular flexibility index (Phi) is 4.19. The van der Waals surface area contributed by atoms with Crippen LogP contribution in [0.15, 0.2) is 35.4 Å². The summed E-state index contributed by atoms with van der Waals surface area (Å²) in [6, 6.07) is 6.93. The third kappa shape index (κ3) is 2.87. The standard InChI is InChI=1S/C16H14ClN3O2S/c1-3-20-8-18-15-12(16(20)22)9(2)13(23-15)14(21)19-11-6-4-5-10(17)7-11/h4-8H,3H2,1-2H3,(H,19,21). The molecule has 0 aliphatic rings. The van der Waals surface area contributed by atoms with E-state index < -0.39 is 0 Å². The van der Waals surface area contributed by atoms with Crippen LogP contribution in [0.2, 0.25) is 5.02 Å². The summed E-state index contributed by atoms with van der Waals surface area (Å²) in [5.74, 6) is -0.268. The maximum atomic E-state index is 12.5. The van der Waals surface area contributed by atoms with Crippen LogP contribution in [-0.2, 0) is 6.54 Å². The Labute approximate surface area is 141 Å². The minimum atomic E-state index is -0.268. The lowest BCUT2D eigenvalue weighted by Gasteiger charge is -2.04. The van der Waals surface area contributed by atoms with Crippen molar-refractivity contribution in [2.24, 2.45) is 0 Å². The van der Waals surface area contributed by atoms with Crippen molar-refractivity contribution >= 4 is 44.7 Å². The number of thiophene rings is 1. The smallest absolute Gasteiger partial charge is 0.266 e. The molecule has 0 aliphatic carbocycles. The van der Waals surface area contributed by atoms with Crippen LogP contribution in [0.4, 0.5) is 5.69 Å². The van der Waals surface area contributed by atoms with Gasteiger partial charge in [-0.3, -0.25) is 14.2 Å². The van der Waals surface area contributed by atoms with Gasteiger partial charge in [0, 0.05) is 17.3 Å². The van der Waals surface area contributed by atoms with Gasteiger partial charge in [-0.15, -0.1) is 11.3 Å². The average molecular weight is 348 g/mol. The van der Waals surface area contributed by atoms with Gasteiger partial charge in [0.25, 0.3) is 11.5 Å². The van der Waals surface area contributed by atoms with Gasteiger partial charge in [0.05, 0.1) is 16.6 Å². The van der Waals surface area contributed by atoms with Crippen molar-refractivity contribution in [2.45, 2.75) is 20.4 Å². The van der Waals surface area contributed by atoms with E-state index in [9.17, 15) is 9.59 Å². The molecule has 0 radical (unpaired) electrons. The molecular formula is C16H14ClN3O2S. The highest BCUT2D eigenvalue weighted by molar-refractivity contribution is 7.20. The van der Waals surface area contributed by atoms with Gasteiger partial charge in [-0.05, 0) is 37.6 Å². The Morgan fingerprint density at radius 1 is 1.43 bits per heavy atom. The van der Waals surface area contributed by atoms with E-state index in [2.05, 4.69) is 10.3 Å². The number of rotatable bonds is 3. The van der Waals surface area contributed by atoms with E-state index in [1.165, 1.54) is 22.2 Å². The molecule has 1 amide bonds. The molecule has 0 spiro atoms. The van der Waals surface area contributed by atoms with Gasteiger partial charge in [0.1, 0.15) is 4.83 Å². The molecule has 7 heteroatoms. The number of hydrogen-bond donors (Lipinski definition) is 1. The maximum absolute atomic E-state index is 12.5. The topological polar surface area (TPSA) is 64.0 Å². The normalized spacial score (nSPS) is 10.9. The summed E-state index contributed by atoms with van der Waals surface area (Å²) in [5, 5.41) is 3.85. The molecule has 0 unspecified atom stereocenters. The zero-order valence-corrected chi connectivity index (χ0v) is 14.2. The predicted octanol–water partition coefficient (Wildman–Crippen LogP) is 3.69. The summed E-state index contributed by atoms with van der Waals surface area (Å²) < 4.78 is 1.53. The summed E-state index contributed by atoms with van der Waals surface area (Å²) in [6.45, 7) is 4.19. The van der Waals surface area contributed by atoms with E-state index in [4.69, 9.17) is 11.6 Å². The van der Waals surface area contributed by atoms with Gasteiger partial charge in [-0.2, -0.15) is 0 Å². The lowest BCUT2D eigenvalue weighted by molar-refractivity contribution is 0.103. The van der Waals surface area contributed by atoms with Crippen molar-refractivity contribution in [3.05, 3.63) is 56.4 Å². The SMILES string of the molecule is CCn1cnc2sc(C(=O)Nc3cccc(Cl)c3)c(C)c2c1=O. The number of fused-ring (bicyclic) bond motifs is 1. The Morgan fingerprint density at radius 3 is 2.91 bits per heavy atom. The van der Waals surface area contributed by atoms with E-state index in [1.54, 1.807) is 31.2 Å². The number of carbonyl (C=O) groups excluding carboxylic acids is 1. The fourth-order valence-corrected chi connectivity index (χ4v) is 3.58. The third-order valence-electron chi connectivity index (χ3n) is 3.55. The average Bonchev–Trinajstić information content (AvgIpc) is 2.85. The highest BCUT2D eigenvalue weighted by Gasteiger charge is 2.19. The molecule has 0 bridgehead atoms. The predicted molar refractivity (Wildman–Crippen MR) is 93.7 cm³/mol. The van der Waals surface area contributed by atoms with Crippen LogP contribution in [0, 0.1) is 6.92 Å². The first-order valence-corrected chi connectivity index (χ1v) is 8.26. The van der Waals surface area contributed by atoms with Crippen LogP contribution >= 0.6 is 22.9 Å². The fraction of sp³-hybridized carbons (Fsp3) is 0.188. The van der Waals surface area contributed by atoms with Gasteiger partial charge in [-0.1, -0.05) is 17.7 Å². The Bertz CT molecular complexity index is 962. The highest BCUT2D eigenvalue weighted by atomic mass is 35.5. The first-order valence-electron chi connectivity index (χ1n) is 7.06. The molecule has 0 saturated heterocycles. The first-order chi connectivity index (χ1) is 11.0. The molecule has 5 nitrogen and oxygen atoms in total. The molecule has 2 aromatic heterocycles. The maximum Gasteiger partial charge on any atom is 0.266 e. The van der Waals surface area contributed by atoms with Crippen molar-refractivity contribution < 1.29 is 4.79 Å². The molecule has 118 valence electrons. The quantitative estimate of drug-likeness (QED) is 0.785. The van der Waals surface area contributed by atoms with Crippen molar-refractivity contribution in [2.75, 3.05) is 5.32 Å². The van der Waals surface area contributed by atoms with E-state index >= 15 is 0 Å². The molecule has 1 aromatic carbocycles. The molecule has 2 heterocycles. The summed E-state index contributed by atoms with van der Waals surface area (Å²) in [6.07, 6.45) is 1.51. The minimum absolute atomic E-state index is 0.118. The number of aryl methyl sites for hydroxylation is 2. The number of anilines is 1. The molecule has 0 aliphatic heterocycles. The second-order valence-electron chi connectivity index (χ2n) is 5.04. The third-order valence-corrected chi connectivity index (χ3v) is 4.98. The summed E-state index contributed by atoms with van der Waals surface area (Å²) in [7, 11) is 0. The van der Waals surface area contributed by atoms with Gasteiger partial charge >= 0.3 is 0 Å². The highest BCUT2D eigenvalue weighted by Crippen LogP contribution is 2.27. The van der Waals surface area contributed by atoms with E-state index in [-0.39, 0.29) is 11.5 Å². The van der Waals surface area contributed by atoms with E-state index in [1.807, 2.05) is 6.92 Å². The molecule has 0 atom stereocenters. The lowest BCUT2D eigenvalue weighted by Crippen LogP contribution is -2.19. The van der Waals surface area contributed by atoms with Gasteiger partial charge in [0.2, 0.25) is 0 Å². The van der Waals surface area contributed by atoms with Gasteiger partial charge in [-0.25, -0.2) is 4.98 Å². The molecule has 1 N–H and O–H groups in total. The Balaban J connectivity index is 2.03. The van der Waals surface area contributed by atoms with Crippen molar-refractivity contribution in [1.82, 2.24) is 9.55 Å². The number of aromatic nitrogens is 2. The monoisotopic (exact) mass is 347 g/mol. The van der Waals surface area contributed by atoms with Crippen molar-refractivity contribution in [3.63, 3.8) is 0 Å². The zero-order valence-electron chi connectivity index (χ0n) is 12.6. The molecule has 3 rings (SSSR count). The second-order valence-corrected chi connectivity index (χ2v) is 6.47. The molecular weight excluding hydrogens is 334 g/mol. The lowest BCUT2D eigenvalue weighted by atomic mass is 10.2. The number of nitrogens with one attached hydrogen (secondary N) is 1. The number of hydrogen-bond acceptors (Lipinski definition) is 4. The number of benzene rings is 1. The number of halogens is 1. The largest absolute Gasteiger partial charge is 0.321 e. The number of nitrogens with zero attached hydrogens (tertiary/aromatic N) is 2. The minimum Gasteiger partial charge on any atom is -0.321 e. The Morgan fingerprint density at radius 2 is 2.22 bits per heavy atom. The van der Waals surface area contributed by atoms with Crippen LogP contribution in [-0.4, -0.2) is 15.5 Å². The van der Waals surface area contributed by atoms with Crippen LogP contribution in [0.1, 0.15) is 22.2 Å². The van der Waals surface area contributed by atoms with E-state index in [0.29, 0.717) is 37.9 Å². The molecule has 0 fully saturated rings. The van der Waals surface area contributed by atoms with Crippen LogP contribution in [0.3, 0.4) is 0 Å². The number of amides is 1. The van der Waals surface area contributed by atoms with Crippen LogP contribution in [0.25, 0.3) is 10.2 Å². The van der Waals surface area contributed by atoms with Gasteiger partial charge < -0.3 is 5.32 Å². The van der Waals surface area contributed by atoms with Crippen LogP contribution in [0.5, 0.6) is 0 Å². The number of carbonyl (C=O) groups is 1. The van der Waals surface area contributed by atoms with E-state index in [0.717, 1.165) is 0 Å². The molecule has 23 heavy (non-hydrogen) atoms. The second kappa shape index (κ2) is 6.14. The summed E-state index contributed by atoms with van der Waals surface area (Å²) >= 11 is 7.14. The van der Waals surface area contributed by atoms with Crippen LogP contribution < -0.4 is 10.9 Å². The molecule has 0 saturated carbocycles.